The van der Waals surface area contributed by atoms with E-state index in [2.05, 4.69) is 5.32 Å². The zero-order valence-electron chi connectivity index (χ0n) is 13.7. The normalized spacial score (nSPS) is 10.0. The second kappa shape index (κ2) is 8.08. The first-order valence-corrected chi connectivity index (χ1v) is 7.44. The third-order valence-electron chi connectivity index (χ3n) is 3.40. The van der Waals surface area contributed by atoms with E-state index in [1.807, 2.05) is 55.5 Å². The van der Waals surface area contributed by atoms with Gasteiger partial charge < -0.3 is 19.7 Å². The van der Waals surface area contributed by atoms with Crippen molar-refractivity contribution in [3.8, 4) is 11.5 Å². The minimum atomic E-state index is -0.160. The first-order chi connectivity index (χ1) is 11.1. The monoisotopic (exact) mass is 314 g/mol. The molecule has 5 heteroatoms. The van der Waals surface area contributed by atoms with Crippen LogP contribution in [0.25, 0.3) is 0 Å². The maximum atomic E-state index is 12.1. The predicted octanol–water partition coefficient (Wildman–Crippen LogP) is 3.55. The molecule has 0 fully saturated rings. The van der Waals surface area contributed by atoms with Crippen molar-refractivity contribution in [3.05, 3.63) is 54.1 Å². The average molecular weight is 314 g/mol. The Hall–Kier alpha value is -2.69. The molecule has 0 heterocycles. The zero-order chi connectivity index (χ0) is 16.7. The predicted molar refractivity (Wildman–Crippen MR) is 91.3 cm³/mol. The van der Waals surface area contributed by atoms with Crippen LogP contribution in [0.5, 0.6) is 11.5 Å². The quantitative estimate of drug-likeness (QED) is 0.887. The van der Waals surface area contributed by atoms with Crippen LogP contribution in [0.3, 0.4) is 0 Å². The molecule has 2 aromatic rings. The summed E-state index contributed by atoms with van der Waals surface area (Å²) >= 11 is 0. The number of likely N-dealkylation sites (N-methyl/N-ethyl adjacent to an activating group) is 1. The molecule has 0 aliphatic heterocycles. The van der Waals surface area contributed by atoms with E-state index in [1.54, 1.807) is 19.1 Å². The summed E-state index contributed by atoms with van der Waals surface area (Å²) in [7, 11) is 3.36. The molecule has 0 aromatic heterocycles. The Morgan fingerprint density at radius 1 is 1.04 bits per heavy atom. The summed E-state index contributed by atoms with van der Waals surface area (Å²) in [6.45, 7) is 2.92. The molecule has 0 spiro atoms. The minimum Gasteiger partial charge on any atom is -0.497 e. The molecular formula is C18H22N2O3. The smallest absolute Gasteiger partial charge is 0.321 e. The summed E-state index contributed by atoms with van der Waals surface area (Å²) in [6.07, 6.45) is 0. The third kappa shape index (κ3) is 5.21. The van der Waals surface area contributed by atoms with Crippen LogP contribution < -0.4 is 14.8 Å². The zero-order valence-corrected chi connectivity index (χ0v) is 13.7. The second-order valence-electron chi connectivity index (χ2n) is 5.24. The number of anilines is 1. The van der Waals surface area contributed by atoms with Gasteiger partial charge in [0.1, 0.15) is 18.1 Å². The van der Waals surface area contributed by atoms with E-state index in [0.717, 1.165) is 22.7 Å². The number of methoxy groups -OCH3 is 1. The lowest BCUT2D eigenvalue weighted by Gasteiger charge is -2.18. The summed E-state index contributed by atoms with van der Waals surface area (Å²) in [5, 5.41) is 2.85. The Morgan fingerprint density at radius 3 is 2.26 bits per heavy atom. The fourth-order valence-electron chi connectivity index (χ4n) is 1.93. The number of amides is 2. The van der Waals surface area contributed by atoms with E-state index in [1.165, 1.54) is 0 Å². The molecule has 0 aliphatic rings. The first-order valence-electron chi connectivity index (χ1n) is 7.44. The molecule has 0 aliphatic carbocycles. The Balaban J connectivity index is 1.75. The van der Waals surface area contributed by atoms with Gasteiger partial charge in [0, 0.05) is 12.7 Å². The van der Waals surface area contributed by atoms with Gasteiger partial charge >= 0.3 is 6.03 Å². The van der Waals surface area contributed by atoms with E-state index in [4.69, 9.17) is 9.47 Å². The van der Waals surface area contributed by atoms with Gasteiger partial charge in [-0.1, -0.05) is 17.7 Å². The van der Waals surface area contributed by atoms with Gasteiger partial charge in [-0.15, -0.1) is 0 Å². The summed E-state index contributed by atoms with van der Waals surface area (Å²) < 4.78 is 10.7. The van der Waals surface area contributed by atoms with E-state index in [-0.39, 0.29) is 6.03 Å². The molecule has 0 saturated heterocycles. The SMILES string of the molecule is COc1ccc(OCCN(C)C(=O)Nc2ccc(C)cc2)cc1. The summed E-state index contributed by atoms with van der Waals surface area (Å²) in [6, 6.07) is 14.9. The van der Waals surface area contributed by atoms with Gasteiger partial charge in [-0.05, 0) is 43.3 Å². The molecule has 2 aromatic carbocycles. The van der Waals surface area contributed by atoms with Crippen LogP contribution >= 0.6 is 0 Å². The van der Waals surface area contributed by atoms with Crippen molar-refractivity contribution >= 4 is 11.7 Å². The number of carbonyl (C=O) groups is 1. The number of hydrogen-bond acceptors (Lipinski definition) is 3. The molecule has 1 N–H and O–H groups in total. The van der Waals surface area contributed by atoms with Crippen LogP contribution in [0.2, 0.25) is 0 Å². The number of nitrogens with zero attached hydrogens (tertiary/aromatic N) is 1. The maximum Gasteiger partial charge on any atom is 0.321 e. The Kier molecular flexibility index (Phi) is 5.86. The standard InChI is InChI=1S/C18H22N2O3/c1-14-4-6-15(7-5-14)19-18(21)20(2)12-13-23-17-10-8-16(22-3)9-11-17/h4-11H,12-13H2,1-3H3,(H,19,21). The van der Waals surface area contributed by atoms with E-state index < -0.39 is 0 Å². The van der Waals surface area contributed by atoms with Crippen LogP contribution in [-0.4, -0.2) is 38.2 Å². The van der Waals surface area contributed by atoms with E-state index in [9.17, 15) is 4.79 Å². The fourth-order valence-corrected chi connectivity index (χ4v) is 1.93. The number of rotatable bonds is 6. The van der Waals surface area contributed by atoms with Crippen molar-refractivity contribution in [1.82, 2.24) is 4.90 Å². The number of nitrogens with one attached hydrogen (secondary N) is 1. The highest BCUT2D eigenvalue weighted by Gasteiger charge is 2.08. The van der Waals surface area contributed by atoms with Gasteiger partial charge in [-0.3, -0.25) is 0 Å². The van der Waals surface area contributed by atoms with Gasteiger partial charge in [0.2, 0.25) is 0 Å². The molecule has 5 nitrogen and oxygen atoms in total. The van der Waals surface area contributed by atoms with Crippen LogP contribution in [-0.2, 0) is 0 Å². The molecule has 0 radical (unpaired) electrons. The van der Waals surface area contributed by atoms with Gasteiger partial charge in [0.15, 0.2) is 0 Å². The third-order valence-corrected chi connectivity index (χ3v) is 3.40. The Morgan fingerprint density at radius 2 is 1.65 bits per heavy atom. The second-order valence-corrected chi connectivity index (χ2v) is 5.24. The van der Waals surface area contributed by atoms with Crippen molar-refractivity contribution in [3.63, 3.8) is 0 Å². The fraction of sp³-hybridized carbons (Fsp3) is 0.278. The number of carbonyl (C=O) groups excluding carboxylic acids is 1. The van der Waals surface area contributed by atoms with Gasteiger partial charge in [0.25, 0.3) is 0 Å². The molecule has 0 atom stereocenters. The largest absolute Gasteiger partial charge is 0.497 e. The van der Waals surface area contributed by atoms with Gasteiger partial charge in [0.05, 0.1) is 13.7 Å². The van der Waals surface area contributed by atoms with Crippen molar-refractivity contribution < 1.29 is 14.3 Å². The minimum absolute atomic E-state index is 0.160. The molecule has 0 bridgehead atoms. The number of ether oxygens (including phenoxy) is 2. The van der Waals surface area contributed by atoms with Crippen LogP contribution in [0.1, 0.15) is 5.56 Å². The van der Waals surface area contributed by atoms with E-state index in [0.29, 0.717) is 13.2 Å². The van der Waals surface area contributed by atoms with E-state index >= 15 is 0 Å². The summed E-state index contributed by atoms with van der Waals surface area (Å²) in [4.78, 5) is 13.7. The number of benzene rings is 2. The highest BCUT2D eigenvalue weighted by molar-refractivity contribution is 5.89. The first kappa shape index (κ1) is 16.7. The lowest BCUT2D eigenvalue weighted by Crippen LogP contribution is -2.34. The molecule has 122 valence electrons. The molecule has 0 saturated carbocycles. The molecular weight excluding hydrogens is 292 g/mol. The number of aryl methyl sites for hydroxylation is 1. The van der Waals surface area contributed by atoms with Crippen LogP contribution in [0.15, 0.2) is 48.5 Å². The lowest BCUT2D eigenvalue weighted by atomic mass is 10.2. The van der Waals surface area contributed by atoms with Crippen molar-refractivity contribution in [2.45, 2.75) is 6.92 Å². The Labute approximate surface area is 136 Å². The van der Waals surface area contributed by atoms with Crippen molar-refractivity contribution in [2.75, 3.05) is 32.6 Å². The molecule has 2 rings (SSSR count). The van der Waals surface area contributed by atoms with Crippen molar-refractivity contribution in [1.29, 1.82) is 0 Å². The lowest BCUT2D eigenvalue weighted by molar-refractivity contribution is 0.207. The summed E-state index contributed by atoms with van der Waals surface area (Å²) in [5.74, 6) is 1.53. The van der Waals surface area contributed by atoms with Crippen LogP contribution in [0.4, 0.5) is 10.5 Å². The molecule has 23 heavy (non-hydrogen) atoms. The topological polar surface area (TPSA) is 50.8 Å². The van der Waals surface area contributed by atoms with Gasteiger partial charge in [-0.2, -0.15) is 0 Å². The molecule has 2 amide bonds. The highest BCUT2D eigenvalue weighted by atomic mass is 16.5. The number of urea groups is 1. The summed E-state index contributed by atoms with van der Waals surface area (Å²) in [5.41, 5.74) is 1.94. The van der Waals surface area contributed by atoms with Crippen molar-refractivity contribution in [2.24, 2.45) is 0 Å². The Bertz CT molecular complexity index is 624. The number of hydrogen-bond donors (Lipinski definition) is 1. The molecule has 0 unspecified atom stereocenters. The van der Waals surface area contributed by atoms with Gasteiger partial charge in [-0.25, -0.2) is 4.79 Å². The maximum absolute atomic E-state index is 12.1. The van der Waals surface area contributed by atoms with Crippen LogP contribution in [0, 0.1) is 6.92 Å². The highest BCUT2D eigenvalue weighted by Crippen LogP contribution is 2.16. The average Bonchev–Trinajstić information content (AvgIpc) is 2.57.